The minimum Gasteiger partial charge on any atom is -0.452 e. The number of hydrogen-bond acceptors (Lipinski definition) is 6. The van der Waals surface area contributed by atoms with Crippen LogP contribution in [0.4, 0.5) is 11.4 Å². The second-order valence-electron chi connectivity index (χ2n) is 6.97. The summed E-state index contributed by atoms with van der Waals surface area (Å²) in [7, 11) is 0. The summed E-state index contributed by atoms with van der Waals surface area (Å²) in [6.07, 6.45) is 0. The van der Waals surface area contributed by atoms with Gasteiger partial charge in [-0.25, -0.2) is 4.79 Å². The Morgan fingerprint density at radius 3 is 2.13 bits per heavy atom. The average molecular weight is 411 g/mol. The third-order valence-electron chi connectivity index (χ3n) is 4.52. The zero-order chi connectivity index (χ0) is 21.3. The number of ether oxygens (including phenoxy) is 2. The van der Waals surface area contributed by atoms with Gasteiger partial charge in [0.25, 0.3) is 5.91 Å². The molecule has 0 aromatic heterocycles. The third-order valence-corrected chi connectivity index (χ3v) is 4.52. The van der Waals surface area contributed by atoms with E-state index in [1.54, 1.807) is 36.4 Å². The lowest BCUT2D eigenvalue weighted by atomic mass is 10.1. The number of nitrogens with one attached hydrogen (secondary N) is 2. The van der Waals surface area contributed by atoms with E-state index in [2.05, 4.69) is 15.5 Å². The lowest BCUT2D eigenvalue weighted by molar-refractivity contribution is -0.119. The van der Waals surface area contributed by atoms with Gasteiger partial charge in [0, 0.05) is 37.9 Å². The van der Waals surface area contributed by atoms with E-state index in [0.29, 0.717) is 16.9 Å². The van der Waals surface area contributed by atoms with Crippen LogP contribution in [0.1, 0.15) is 22.8 Å². The maximum absolute atomic E-state index is 12.2. The van der Waals surface area contributed by atoms with Crippen LogP contribution in [0.25, 0.3) is 0 Å². The molecule has 0 saturated carbocycles. The van der Waals surface area contributed by atoms with Gasteiger partial charge in [0.05, 0.1) is 18.8 Å². The Hall–Kier alpha value is -3.23. The number of morpholine rings is 1. The van der Waals surface area contributed by atoms with Crippen molar-refractivity contribution in [2.75, 3.05) is 43.5 Å². The molecular weight excluding hydrogens is 386 g/mol. The minimum atomic E-state index is -0.552. The highest BCUT2D eigenvalue weighted by molar-refractivity contribution is 5.96. The molecule has 2 aromatic carbocycles. The second kappa shape index (κ2) is 10.5. The number of rotatable bonds is 7. The molecule has 8 nitrogen and oxygen atoms in total. The van der Waals surface area contributed by atoms with Crippen LogP contribution < -0.4 is 10.6 Å². The zero-order valence-corrected chi connectivity index (χ0v) is 16.8. The Labute approximate surface area is 175 Å². The van der Waals surface area contributed by atoms with Crippen LogP contribution in [-0.2, 0) is 25.6 Å². The Kier molecular flexibility index (Phi) is 7.53. The summed E-state index contributed by atoms with van der Waals surface area (Å²) >= 11 is 0. The summed E-state index contributed by atoms with van der Waals surface area (Å²) in [6, 6.07) is 13.8. The maximum Gasteiger partial charge on any atom is 0.338 e. The highest BCUT2D eigenvalue weighted by Gasteiger charge is 2.13. The van der Waals surface area contributed by atoms with Crippen LogP contribution in [0.3, 0.4) is 0 Å². The van der Waals surface area contributed by atoms with Gasteiger partial charge in [0.15, 0.2) is 6.61 Å². The molecule has 3 rings (SSSR count). The number of esters is 1. The fourth-order valence-corrected chi connectivity index (χ4v) is 3.02. The van der Waals surface area contributed by atoms with Crippen molar-refractivity contribution in [1.29, 1.82) is 0 Å². The highest BCUT2D eigenvalue weighted by atomic mass is 16.5. The van der Waals surface area contributed by atoms with Crippen LogP contribution in [0.5, 0.6) is 0 Å². The molecular formula is C22H25N3O5. The predicted octanol–water partition coefficient (Wildman–Crippen LogP) is 2.27. The molecule has 1 heterocycles. The van der Waals surface area contributed by atoms with Crippen molar-refractivity contribution in [2.45, 2.75) is 13.5 Å². The van der Waals surface area contributed by atoms with Gasteiger partial charge in [-0.15, -0.1) is 0 Å². The van der Waals surface area contributed by atoms with Crippen LogP contribution >= 0.6 is 0 Å². The summed E-state index contributed by atoms with van der Waals surface area (Å²) in [5.41, 5.74) is 2.67. The van der Waals surface area contributed by atoms with Crippen molar-refractivity contribution < 1.29 is 23.9 Å². The highest BCUT2D eigenvalue weighted by Crippen LogP contribution is 2.14. The maximum atomic E-state index is 12.2. The molecule has 0 unspecified atom stereocenters. The molecule has 8 heteroatoms. The number of anilines is 2. The van der Waals surface area contributed by atoms with Gasteiger partial charge < -0.3 is 20.1 Å². The molecule has 0 aliphatic carbocycles. The summed E-state index contributed by atoms with van der Waals surface area (Å²) in [6.45, 7) is 5.12. The molecule has 2 N–H and O–H groups in total. The standard InChI is InChI=1S/C22H25N3O5/c1-16(26)23-19-6-8-20(9-7-19)24-21(27)15-30-22(28)18-4-2-17(3-5-18)14-25-10-12-29-13-11-25/h2-9H,10-15H2,1H3,(H,23,26)(H,24,27). The Balaban J connectivity index is 1.44. The first-order chi connectivity index (χ1) is 14.5. The van der Waals surface area contributed by atoms with Crippen LogP contribution in [0, 0.1) is 0 Å². The van der Waals surface area contributed by atoms with Crippen LogP contribution in [0.15, 0.2) is 48.5 Å². The van der Waals surface area contributed by atoms with Gasteiger partial charge in [-0.05, 0) is 42.0 Å². The molecule has 2 aromatic rings. The molecule has 1 aliphatic heterocycles. The summed E-state index contributed by atoms with van der Waals surface area (Å²) < 4.78 is 10.4. The largest absolute Gasteiger partial charge is 0.452 e. The third kappa shape index (κ3) is 6.68. The second-order valence-corrected chi connectivity index (χ2v) is 6.97. The lowest BCUT2D eigenvalue weighted by Crippen LogP contribution is -2.35. The quantitative estimate of drug-likeness (QED) is 0.679. The number of hydrogen-bond donors (Lipinski definition) is 2. The van der Waals surface area contributed by atoms with E-state index < -0.39 is 11.9 Å². The van der Waals surface area contributed by atoms with Crippen LogP contribution in [0.2, 0.25) is 0 Å². The van der Waals surface area contributed by atoms with Gasteiger partial charge in [0.1, 0.15) is 0 Å². The Morgan fingerprint density at radius 1 is 0.933 bits per heavy atom. The topological polar surface area (TPSA) is 97.0 Å². The van der Waals surface area contributed by atoms with Crippen molar-refractivity contribution >= 4 is 29.2 Å². The van der Waals surface area contributed by atoms with E-state index in [-0.39, 0.29) is 12.5 Å². The van der Waals surface area contributed by atoms with E-state index in [1.807, 2.05) is 12.1 Å². The first-order valence-corrected chi connectivity index (χ1v) is 9.73. The normalized spacial score (nSPS) is 14.0. The molecule has 30 heavy (non-hydrogen) atoms. The number of nitrogens with zero attached hydrogens (tertiary/aromatic N) is 1. The molecule has 0 radical (unpaired) electrons. The van der Waals surface area contributed by atoms with Gasteiger partial charge in [-0.3, -0.25) is 14.5 Å². The van der Waals surface area contributed by atoms with E-state index in [0.717, 1.165) is 38.4 Å². The SMILES string of the molecule is CC(=O)Nc1ccc(NC(=O)COC(=O)c2ccc(CN3CCOCC3)cc2)cc1. The molecule has 158 valence electrons. The summed E-state index contributed by atoms with van der Waals surface area (Å²) in [5, 5.41) is 5.28. The Morgan fingerprint density at radius 2 is 1.53 bits per heavy atom. The first kappa shape index (κ1) is 21.5. The van der Waals surface area contributed by atoms with Gasteiger partial charge in [0.2, 0.25) is 5.91 Å². The van der Waals surface area contributed by atoms with Crippen LogP contribution in [-0.4, -0.2) is 55.6 Å². The molecule has 0 bridgehead atoms. The van der Waals surface area contributed by atoms with Gasteiger partial charge >= 0.3 is 5.97 Å². The number of amides is 2. The molecule has 0 spiro atoms. The number of carbonyl (C=O) groups excluding carboxylic acids is 3. The lowest BCUT2D eigenvalue weighted by Gasteiger charge is -2.26. The van der Waals surface area contributed by atoms with Crippen molar-refractivity contribution in [3.63, 3.8) is 0 Å². The zero-order valence-electron chi connectivity index (χ0n) is 16.8. The van der Waals surface area contributed by atoms with Gasteiger partial charge in [-0.2, -0.15) is 0 Å². The fraction of sp³-hybridized carbons (Fsp3) is 0.318. The smallest absolute Gasteiger partial charge is 0.338 e. The number of carbonyl (C=O) groups is 3. The van der Waals surface area contributed by atoms with E-state index in [9.17, 15) is 14.4 Å². The fourth-order valence-electron chi connectivity index (χ4n) is 3.02. The summed E-state index contributed by atoms with van der Waals surface area (Å²) in [5.74, 6) is -1.17. The van der Waals surface area contributed by atoms with E-state index >= 15 is 0 Å². The van der Waals surface area contributed by atoms with Crippen molar-refractivity contribution in [3.8, 4) is 0 Å². The molecule has 1 saturated heterocycles. The summed E-state index contributed by atoms with van der Waals surface area (Å²) in [4.78, 5) is 37.5. The van der Waals surface area contributed by atoms with Gasteiger partial charge in [-0.1, -0.05) is 12.1 Å². The molecule has 1 aliphatic rings. The first-order valence-electron chi connectivity index (χ1n) is 9.73. The van der Waals surface area contributed by atoms with E-state index in [1.165, 1.54) is 6.92 Å². The van der Waals surface area contributed by atoms with Crippen molar-refractivity contribution in [3.05, 3.63) is 59.7 Å². The van der Waals surface area contributed by atoms with E-state index in [4.69, 9.17) is 9.47 Å². The average Bonchev–Trinajstić information content (AvgIpc) is 2.74. The Bertz CT molecular complexity index is 875. The van der Waals surface area contributed by atoms with Crippen molar-refractivity contribution in [1.82, 2.24) is 4.90 Å². The minimum absolute atomic E-state index is 0.173. The molecule has 1 fully saturated rings. The van der Waals surface area contributed by atoms with Crippen molar-refractivity contribution in [2.24, 2.45) is 0 Å². The molecule has 0 atom stereocenters. The number of benzene rings is 2. The monoisotopic (exact) mass is 411 g/mol. The molecule has 2 amide bonds. The predicted molar refractivity (Wildman–Crippen MR) is 112 cm³/mol.